The van der Waals surface area contributed by atoms with Crippen LogP contribution in [0.15, 0.2) is 41.4 Å². The zero-order valence-corrected chi connectivity index (χ0v) is 15.5. The molecule has 0 amide bonds. The number of piperazine rings is 1. The van der Waals surface area contributed by atoms with E-state index in [0.29, 0.717) is 18.9 Å². The number of carboxylic acid groups (broad SMARTS) is 1. The minimum Gasteiger partial charge on any atom is -0.478 e. The van der Waals surface area contributed by atoms with Gasteiger partial charge in [-0.2, -0.15) is 4.31 Å². The summed E-state index contributed by atoms with van der Waals surface area (Å²) in [7, 11) is -3.56. The summed E-state index contributed by atoms with van der Waals surface area (Å²) in [6.07, 6.45) is 1.54. The van der Waals surface area contributed by atoms with Gasteiger partial charge < -0.3 is 10.0 Å². The quantitative estimate of drug-likeness (QED) is 0.878. The third-order valence-corrected chi connectivity index (χ3v) is 6.57. The normalized spacial score (nSPS) is 15.8. The monoisotopic (exact) mass is 375 g/mol. The van der Waals surface area contributed by atoms with E-state index in [1.54, 1.807) is 24.4 Å². The Labute approximate surface area is 152 Å². The molecule has 0 unspecified atom stereocenters. The number of hydrogen-bond donors (Lipinski definition) is 1. The molecule has 1 aromatic carbocycles. The van der Waals surface area contributed by atoms with Gasteiger partial charge in [-0.25, -0.2) is 18.2 Å². The molecule has 0 atom stereocenters. The van der Waals surface area contributed by atoms with Gasteiger partial charge in [0.1, 0.15) is 11.4 Å². The molecule has 1 fully saturated rings. The Hall–Kier alpha value is -2.45. The molecule has 138 valence electrons. The van der Waals surface area contributed by atoms with E-state index >= 15 is 0 Å². The summed E-state index contributed by atoms with van der Waals surface area (Å²) in [6.45, 7) is 5.18. The molecule has 1 aromatic heterocycles. The highest BCUT2D eigenvalue weighted by atomic mass is 32.2. The number of sulfonamides is 1. The van der Waals surface area contributed by atoms with Crippen LogP contribution in [-0.4, -0.2) is 55.0 Å². The summed E-state index contributed by atoms with van der Waals surface area (Å²) < 4.78 is 27.2. The average Bonchev–Trinajstić information content (AvgIpc) is 2.64. The lowest BCUT2D eigenvalue weighted by molar-refractivity contribution is 0.0697. The minimum absolute atomic E-state index is 0.123. The first-order valence-electron chi connectivity index (χ1n) is 8.31. The molecular weight excluding hydrogens is 354 g/mol. The van der Waals surface area contributed by atoms with E-state index in [2.05, 4.69) is 4.98 Å². The number of benzene rings is 1. The first-order valence-corrected chi connectivity index (χ1v) is 9.75. The number of carbonyl (C=O) groups is 1. The van der Waals surface area contributed by atoms with Crippen LogP contribution in [-0.2, 0) is 10.0 Å². The number of rotatable bonds is 4. The van der Waals surface area contributed by atoms with Gasteiger partial charge in [0.2, 0.25) is 10.0 Å². The maximum Gasteiger partial charge on any atom is 0.339 e. The Bertz CT molecular complexity index is 935. The Balaban J connectivity index is 1.78. The second-order valence-corrected chi connectivity index (χ2v) is 8.25. The van der Waals surface area contributed by atoms with Crippen LogP contribution in [0.4, 0.5) is 5.82 Å². The van der Waals surface area contributed by atoms with Crippen molar-refractivity contribution in [3.05, 3.63) is 53.2 Å². The third-order valence-electron chi connectivity index (χ3n) is 4.67. The fourth-order valence-electron chi connectivity index (χ4n) is 2.98. The predicted octanol–water partition coefficient (Wildman–Crippen LogP) is 1.91. The molecule has 2 aromatic rings. The van der Waals surface area contributed by atoms with E-state index in [4.69, 9.17) is 0 Å². The fraction of sp³-hybridized carbons (Fsp3) is 0.333. The van der Waals surface area contributed by atoms with Crippen molar-refractivity contribution in [1.29, 1.82) is 0 Å². The van der Waals surface area contributed by atoms with E-state index in [1.165, 1.54) is 10.4 Å². The molecule has 1 saturated heterocycles. The van der Waals surface area contributed by atoms with Gasteiger partial charge >= 0.3 is 5.97 Å². The lowest BCUT2D eigenvalue weighted by Gasteiger charge is -2.35. The molecule has 1 N–H and O–H groups in total. The second-order valence-electron chi connectivity index (χ2n) is 6.32. The third kappa shape index (κ3) is 3.42. The number of carboxylic acids is 1. The maximum absolute atomic E-state index is 12.9. The van der Waals surface area contributed by atoms with E-state index < -0.39 is 16.0 Å². The number of aromatic nitrogens is 1. The summed E-state index contributed by atoms with van der Waals surface area (Å²) in [5, 5.41) is 9.30. The first-order chi connectivity index (χ1) is 12.3. The maximum atomic E-state index is 12.9. The van der Waals surface area contributed by atoms with E-state index in [1.807, 2.05) is 24.8 Å². The molecule has 1 aliphatic rings. The number of nitrogens with zero attached hydrogens (tertiary/aromatic N) is 3. The Morgan fingerprint density at radius 1 is 1.08 bits per heavy atom. The van der Waals surface area contributed by atoms with Crippen molar-refractivity contribution in [2.45, 2.75) is 18.7 Å². The van der Waals surface area contributed by atoms with Crippen molar-refractivity contribution in [2.24, 2.45) is 0 Å². The largest absolute Gasteiger partial charge is 0.478 e. The van der Waals surface area contributed by atoms with Gasteiger partial charge in [-0.15, -0.1) is 0 Å². The van der Waals surface area contributed by atoms with Crippen LogP contribution in [0.1, 0.15) is 21.5 Å². The molecule has 3 rings (SSSR count). The summed E-state index contributed by atoms with van der Waals surface area (Å²) in [6, 6.07) is 8.21. The van der Waals surface area contributed by atoms with Crippen LogP contribution < -0.4 is 4.90 Å². The van der Waals surface area contributed by atoms with E-state index in [0.717, 1.165) is 11.1 Å². The Morgan fingerprint density at radius 2 is 1.77 bits per heavy atom. The summed E-state index contributed by atoms with van der Waals surface area (Å²) >= 11 is 0. The highest BCUT2D eigenvalue weighted by Gasteiger charge is 2.30. The van der Waals surface area contributed by atoms with Gasteiger partial charge in [0.05, 0.1) is 4.90 Å². The number of pyridine rings is 1. The number of aromatic carboxylic acids is 1. The van der Waals surface area contributed by atoms with Gasteiger partial charge in [-0.1, -0.05) is 6.07 Å². The van der Waals surface area contributed by atoms with E-state index in [9.17, 15) is 18.3 Å². The number of hydrogen-bond acceptors (Lipinski definition) is 5. The highest BCUT2D eigenvalue weighted by Crippen LogP contribution is 2.23. The lowest BCUT2D eigenvalue weighted by atomic mass is 10.1. The average molecular weight is 375 g/mol. The molecule has 0 saturated carbocycles. The standard InChI is InChI=1S/C18H21N3O4S/c1-13-5-6-15(12-14(13)2)26(24,25)21-10-8-20(9-11-21)17-16(18(22)23)4-3-7-19-17/h3-7,12H,8-11H2,1-2H3,(H,22,23). The minimum atomic E-state index is -3.56. The van der Waals surface area contributed by atoms with Crippen LogP contribution in [0.5, 0.6) is 0 Å². The summed E-state index contributed by atoms with van der Waals surface area (Å²) in [4.78, 5) is 17.6. The zero-order valence-electron chi connectivity index (χ0n) is 14.7. The van der Waals surface area contributed by atoms with Gasteiger partial charge in [0.25, 0.3) is 0 Å². The molecule has 0 spiro atoms. The van der Waals surface area contributed by atoms with Crippen molar-refractivity contribution >= 4 is 21.8 Å². The molecule has 0 radical (unpaired) electrons. The number of anilines is 1. The molecule has 7 nitrogen and oxygen atoms in total. The van der Waals surface area contributed by atoms with Crippen molar-refractivity contribution in [2.75, 3.05) is 31.1 Å². The van der Waals surface area contributed by atoms with Crippen molar-refractivity contribution in [1.82, 2.24) is 9.29 Å². The lowest BCUT2D eigenvalue weighted by Crippen LogP contribution is -2.49. The molecule has 1 aliphatic heterocycles. The van der Waals surface area contributed by atoms with Crippen LogP contribution in [0.3, 0.4) is 0 Å². The Kier molecular flexibility index (Phi) is 4.97. The van der Waals surface area contributed by atoms with Gasteiger partial charge in [-0.3, -0.25) is 0 Å². The second kappa shape index (κ2) is 7.05. The van der Waals surface area contributed by atoms with Gasteiger partial charge in [-0.05, 0) is 49.2 Å². The molecule has 0 aliphatic carbocycles. The smallest absolute Gasteiger partial charge is 0.339 e. The summed E-state index contributed by atoms with van der Waals surface area (Å²) in [5.41, 5.74) is 2.10. The molecular formula is C18H21N3O4S. The molecule has 26 heavy (non-hydrogen) atoms. The fourth-order valence-corrected chi connectivity index (χ4v) is 4.49. The van der Waals surface area contributed by atoms with Crippen LogP contribution >= 0.6 is 0 Å². The molecule has 2 heterocycles. The molecule has 0 bridgehead atoms. The van der Waals surface area contributed by atoms with Crippen LogP contribution in [0.25, 0.3) is 0 Å². The Morgan fingerprint density at radius 3 is 2.38 bits per heavy atom. The van der Waals surface area contributed by atoms with Crippen LogP contribution in [0.2, 0.25) is 0 Å². The van der Waals surface area contributed by atoms with Crippen LogP contribution in [0, 0.1) is 13.8 Å². The highest BCUT2D eigenvalue weighted by molar-refractivity contribution is 7.89. The topological polar surface area (TPSA) is 90.8 Å². The first kappa shape index (κ1) is 18.3. The van der Waals surface area contributed by atoms with Gasteiger partial charge in [0.15, 0.2) is 0 Å². The van der Waals surface area contributed by atoms with Crippen molar-refractivity contribution in [3.8, 4) is 0 Å². The zero-order chi connectivity index (χ0) is 18.9. The molecule has 8 heteroatoms. The van der Waals surface area contributed by atoms with Crippen molar-refractivity contribution in [3.63, 3.8) is 0 Å². The van der Waals surface area contributed by atoms with Gasteiger partial charge in [0, 0.05) is 32.4 Å². The SMILES string of the molecule is Cc1ccc(S(=O)(=O)N2CCN(c3ncccc3C(=O)O)CC2)cc1C. The van der Waals surface area contributed by atoms with Crippen molar-refractivity contribution < 1.29 is 18.3 Å². The van der Waals surface area contributed by atoms with E-state index in [-0.39, 0.29) is 23.5 Å². The summed E-state index contributed by atoms with van der Waals surface area (Å²) in [5.74, 6) is -0.665. The number of aryl methyl sites for hydroxylation is 2. The predicted molar refractivity (Wildman–Crippen MR) is 98.1 cm³/mol.